The fourth-order valence-corrected chi connectivity index (χ4v) is 3.75. The van der Waals surface area contributed by atoms with Crippen LogP contribution in [0.2, 0.25) is 0 Å². The molecule has 4 rings (SSSR count). The molecule has 0 bridgehead atoms. The molecule has 12 heteroatoms. The van der Waals surface area contributed by atoms with Crippen LogP contribution in [0, 0.1) is 0 Å². The van der Waals surface area contributed by atoms with Gasteiger partial charge in [-0.05, 0) is 30.3 Å². The van der Waals surface area contributed by atoms with E-state index >= 15 is 0 Å². The van der Waals surface area contributed by atoms with Crippen molar-refractivity contribution in [3.05, 3.63) is 71.5 Å². The van der Waals surface area contributed by atoms with Gasteiger partial charge in [-0.25, -0.2) is 9.67 Å². The number of fused-ring (bicyclic) bond motifs is 1. The third-order valence-electron chi connectivity index (χ3n) is 4.21. The van der Waals surface area contributed by atoms with Crippen LogP contribution in [-0.4, -0.2) is 20.7 Å². The van der Waals surface area contributed by atoms with E-state index in [1.807, 2.05) is 0 Å². The molecule has 0 spiro atoms. The van der Waals surface area contributed by atoms with Crippen LogP contribution < -0.4 is 5.32 Å². The third kappa shape index (κ3) is 4.10. The molecule has 0 aliphatic rings. The van der Waals surface area contributed by atoms with Gasteiger partial charge in [0.1, 0.15) is 0 Å². The maximum atomic E-state index is 13.8. The zero-order valence-corrected chi connectivity index (χ0v) is 15.9. The summed E-state index contributed by atoms with van der Waals surface area (Å²) < 4.78 is 81.1. The maximum Gasteiger partial charge on any atom is 0.434 e. The quantitative estimate of drug-likeness (QED) is 0.398. The number of carbonyl (C=O) groups is 1. The molecule has 0 fully saturated rings. The Balaban J connectivity index is 1.74. The van der Waals surface area contributed by atoms with Gasteiger partial charge in [0.25, 0.3) is 5.91 Å². The lowest BCUT2D eigenvalue weighted by Gasteiger charge is -2.14. The first-order valence-corrected chi connectivity index (χ1v) is 9.35. The van der Waals surface area contributed by atoms with Gasteiger partial charge in [0.2, 0.25) is 0 Å². The van der Waals surface area contributed by atoms with E-state index in [0.717, 1.165) is 29.5 Å². The van der Waals surface area contributed by atoms with Gasteiger partial charge in [-0.3, -0.25) is 10.1 Å². The van der Waals surface area contributed by atoms with Gasteiger partial charge >= 0.3 is 12.4 Å². The molecule has 1 amide bonds. The number of hydrogen-bond donors (Lipinski definition) is 1. The lowest BCUT2D eigenvalue weighted by molar-refractivity contribution is -0.143. The minimum Gasteiger partial charge on any atom is -0.298 e. The van der Waals surface area contributed by atoms with Crippen molar-refractivity contribution in [1.82, 2.24) is 14.8 Å². The number of rotatable bonds is 3. The number of thiazole rings is 1. The number of alkyl halides is 6. The largest absolute Gasteiger partial charge is 0.434 e. The average molecular weight is 456 g/mol. The van der Waals surface area contributed by atoms with Crippen molar-refractivity contribution in [3.8, 4) is 5.69 Å². The molecule has 5 nitrogen and oxygen atoms in total. The molecule has 1 N–H and O–H groups in total. The fourth-order valence-electron chi connectivity index (χ4n) is 2.89. The molecule has 0 saturated heterocycles. The maximum absolute atomic E-state index is 13.8. The van der Waals surface area contributed by atoms with Crippen molar-refractivity contribution in [2.75, 3.05) is 5.32 Å². The molecule has 0 unspecified atom stereocenters. The Hall–Kier alpha value is -3.41. The van der Waals surface area contributed by atoms with Crippen molar-refractivity contribution >= 4 is 32.6 Å². The summed E-state index contributed by atoms with van der Waals surface area (Å²) in [4.78, 5) is 16.7. The van der Waals surface area contributed by atoms with Gasteiger partial charge in [-0.1, -0.05) is 29.5 Å². The van der Waals surface area contributed by atoms with Crippen molar-refractivity contribution in [2.24, 2.45) is 0 Å². The van der Waals surface area contributed by atoms with E-state index in [-0.39, 0.29) is 9.81 Å². The molecular weight excluding hydrogens is 446 g/mol. The number of para-hydroxylation sites is 1. The average Bonchev–Trinajstić information content (AvgIpc) is 3.31. The summed E-state index contributed by atoms with van der Waals surface area (Å²) in [6.07, 6.45) is -9.16. The summed E-state index contributed by atoms with van der Waals surface area (Å²) in [5.41, 5.74) is -3.41. The first kappa shape index (κ1) is 20.8. The van der Waals surface area contributed by atoms with E-state index in [1.54, 1.807) is 24.3 Å². The first-order chi connectivity index (χ1) is 14.5. The number of aromatic nitrogens is 3. The minimum atomic E-state index is -5.06. The second-order valence-corrected chi connectivity index (χ2v) is 7.34. The highest BCUT2D eigenvalue weighted by Crippen LogP contribution is 2.36. The number of nitrogens with zero attached hydrogens (tertiary/aromatic N) is 3. The van der Waals surface area contributed by atoms with Gasteiger partial charge < -0.3 is 0 Å². The number of nitrogens with one attached hydrogen (secondary N) is 1. The first-order valence-electron chi connectivity index (χ1n) is 8.54. The molecule has 0 saturated carbocycles. The lowest BCUT2D eigenvalue weighted by atomic mass is 10.1. The van der Waals surface area contributed by atoms with Gasteiger partial charge in [-0.15, -0.1) is 0 Å². The molecule has 31 heavy (non-hydrogen) atoms. The molecule has 0 radical (unpaired) electrons. The van der Waals surface area contributed by atoms with Crippen LogP contribution in [0.25, 0.3) is 15.9 Å². The van der Waals surface area contributed by atoms with Crippen LogP contribution in [0.5, 0.6) is 0 Å². The number of carbonyl (C=O) groups excluding carboxylic acids is 1. The van der Waals surface area contributed by atoms with E-state index in [4.69, 9.17) is 0 Å². The Bertz CT molecular complexity index is 1240. The molecule has 4 aromatic rings. The topological polar surface area (TPSA) is 59.8 Å². The molecule has 2 aromatic carbocycles. The van der Waals surface area contributed by atoms with Crippen LogP contribution in [0.1, 0.15) is 21.6 Å². The minimum absolute atomic E-state index is 0.0751. The number of halogens is 6. The van der Waals surface area contributed by atoms with E-state index in [9.17, 15) is 31.1 Å². The van der Waals surface area contributed by atoms with E-state index in [1.165, 1.54) is 0 Å². The summed E-state index contributed by atoms with van der Waals surface area (Å²) >= 11 is 1.06. The summed E-state index contributed by atoms with van der Waals surface area (Å²) in [6.45, 7) is 0. The predicted octanol–water partition coefficient (Wildman–Crippen LogP) is 5.77. The normalized spacial score (nSPS) is 12.3. The predicted molar refractivity (Wildman–Crippen MR) is 101 cm³/mol. The molecule has 2 heterocycles. The second kappa shape index (κ2) is 7.38. The van der Waals surface area contributed by atoms with Crippen LogP contribution in [0.15, 0.2) is 54.7 Å². The summed E-state index contributed by atoms with van der Waals surface area (Å²) in [5, 5.41) is 5.90. The van der Waals surface area contributed by atoms with Crippen molar-refractivity contribution in [2.45, 2.75) is 12.4 Å². The molecule has 160 valence electrons. The SMILES string of the molecule is O=C(Nc1nc2ccccc2s1)c1cnn(-c2cccc(C(F)(F)F)c2)c1C(F)(F)F. The zero-order valence-electron chi connectivity index (χ0n) is 15.1. The van der Waals surface area contributed by atoms with Gasteiger partial charge in [0.05, 0.1) is 33.2 Å². The zero-order chi connectivity index (χ0) is 22.4. The molecule has 2 aromatic heterocycles. The van der Waals surface area contributed by atoms with Gasteiger partial charge in [0.15, 0.2) is 10.8 Å². The third-order valence-corrected chi connectivity index (χ3v) is 5.17. The van der Waals surface area contributed by atoms with Crippen molar-refractivity contribution in [3.63, 3.8) is 0 Å². The van der Waals surface area contributed by atoms with Crippen LogP contribution in [-0.2, 0) is 12.4 Å². The van der Waals surface area contributed by atoms with E-state index in [2.05, 4.69) is 15.4 Å². The number of hydrogen-bond acceptors (Lipinski definition) is 4. The molecular formula is C19H10F6N4OS. The van der Waals surface area contributed by atoms with Gasteiger partial charge in [0, 0.05) is 0 Å². The monoisotopic (exact) mass is 456 g/mol. The van der Waals surface area contributed by atoms with Crippen LogP contribution in [0.4, 0.5) is 31.5 Å². The highest BCUT2D eigenvalue weighted by molar-refractivity contribution is 7.22. The lowest BCUT2D eigenvalue weighted by Crippen LogP contribution is -2.21. The number of benzene rings is 2. The Morgan fingerprint density at radius 1 is 0.968 bits per heavy atom. The summed E-state index contributed by atoms with van der Waals surface area (Å²) in [5.74, 6) is -1.13. The van der Waals surface area contributed by atoms with Crippen molar-refractivity contribution < 1.29 is 31.1 Å². The highest BCUT2D eigenvalue weighted by atomic mass is 32.1. The van der Waals surface area contributed by atoms with Crippen molar-refractivity contribution in [1.29, 1.82) is 0 Å². The molecule has 0 aliphatic carbocycles. The van der Waals surface area contributed by atoms with Crippen LogP contribution in [0.3, 0.4) is 0 Å². The number of anilines is 1. The molecule has 0 atom stereocenters. The highest BCUT2D eigenvalue weighted by Gasteiger charge is 2.41. The second-order valence-electron chi connectivity index (χ2n) is 6.31. The van der Waals surface area contributed by atoms with E-state index in [0.29, 0.717) is 22.5 Å². The smallest absolute Gasteiger partial charge is 0.298 e. The number of amides is 1. The Labute approximate surface area is 173 Å². The fraction of sp³-hybridized carbons (Fsp3) is 0.105. The van der Waals surface area contributed by atoms with E-state index < -0.39 is 40.8 Å². The Kier molecular flexibility index (Phi) is 4.96. The van der Waals surface area contributed by atoms with Gasteiger partial charge in [-0.2, -0.15) is 31.4 Å². The molecule has 0 aliphatic heterocycles. The van der Waals surface area contributed by atoms with Crippen LogP contribution >= 0.6 is 11.3 Å². The summed E-state index contributed by atoms with van der Waals surface area (Å²) in [7, 11) is 0. The summed E-state index contributed by atoms with van der Waals surface area (Å²) in [6, 6.07) is 10.1. The Morgan fingerprint density at radius 2 is 1.71 bits per heavy atom. The standard InChI is InChI=1S/C19H10F6N4OS/c20-18(21,22)10-4-3-5-11(8-10)29-15(19(23,24)25)12(9-26-29)16(30)28-17-27-13-6-1-2-7-14(13)31-17/h1-9H,(H,27,28,30). The Morgan fingerprint density at radius 3 is 2.39 bits per heavy atom.